The van der Waals surface area contributed by atoms with E-state index < -0.39 is 11.6 Å². The fraction of sp³-hybridized carbons (Fsp3) is 0.400. The highest BCUT2D eigenvalue weighted by atomic mass is 19.2. The molecule has 0 atom stereocenters. The molecule has 6 heteroatoms. The van der Waals surface area contributed by atoms with Crippen LogP contribution >= 0.6 is 0 Å². The van der Waals surface area contributed by atoms with Crippen molar-refractivity contribution < 1.29 is 13.5 Å². The van der Waals surface area contributed by atoms with Crippen LogP contribution in [-0.4, -0.2) is 42.5 Å². The van der Waals surface area contributed by atoms with Crippen LogP contribution in [0.4, 0.5) is 8.78 Å². The number of ether oxygens (including phenoxy) is 1. The van der Waals surface area contributed by atoms with E-state index in [2.05, 4.69) is 14.8 Å². The van der Waals surface area contributed by atoms with Crippen molar-refractivity contribution in [1.29, 1.82) is 0 Å². The summed E-state index contributed by atoms with van der Waals surface area (Å²) in [4.78, 5) is 8.63. The van der Waals surface area contributed by atoms with Crippen molar-refractivity contribution in [1.82, 2.24) is 9.80 Å². The molecule has 1 saturated heterocycles. The van der Waals surface area contributed by atoms with Crippen molar-refractivity contribution in [3.8, 4) is 0 Å². The smallest absolute Gasteiger partial charge is 0.214 e. The summed E-state index contributed by atoms with van der Waals surface area (Å²) in [6, 6.07) is 4.07. The summed E-state index contributed by atoms with van der Waals surface area (Å²) in [5, 5.41) is 0. The van der Waals surface area contributed by atoms with Gasteiger partial charge in [0.05, 0.1) is 0 Å². The van der Waals surface area contributed by atoms with Gasteiger partial charge in [-0.25, -0.2) is 13.8 Å². The number of nitrogens with zero attached hydrogens (tertiary/aromatic N) is 3. The zero-order valence-corrected chi connectivity index (χ0v) is 11.9. The van der Waals surface area contributed by atoms with Gasteiger partial charge in [0.2, 0.25) is 5.90 Å². The van der Waals surface area contributed by atoms with Crippen LogP contribution in [0, 0.1) is 11.6 Å². The van der Waals surface area contributed by atoms with Gasteiger partial charge in [-0.05, 0) is 12.5 Å². The van der Waals surface area contributed by atoms with Crippen LogP contribution in [-0.2, 0) is 11.3 Å². The molecular formula is C15H17F2N3O. The maximum Gasteiger partial charge on any atom is 0.214 e. The van der Waals surface area contributed by atoms with Crippen molar-refractivity contribution in [2.24, 2.45) is 4.99 Å². The first kappa shape index (κ1) is 13.9. The van der Waals surface area contributed by atoms with Crippen molar-refractivity contribution in [3.63, 3.8) is 0 Å². The van der Waals surface area contributed by atoms with Crippen LogP contribution in [0.15, 0.2) is 35.1 Å². The van der Waals surface area contributed by atoms with Crippen LogP contribution < -0.4 is 0 Å². The molecule has 2 aliphatic heterocycles. The molecular weight excluding hydrogens is 276 g/mol. The molecule has 0 bridgehead atoms. The first-order valence-electron chi connectivity index (χ1n) is 6.93. The van der Waals surface area contributed by atoms with Gasteiger partial charge in [0.25, 0.3) is 0 Å². The minimum atomic E-state index is -0.863. The molecule has 112 valence electrons. The molecule has 3 rings (SSSR count). The maximum absolute atomic E-state index is 13.6. The second-order valence-electron chi connectivity index (χ2n) is 5.18. The lowest BCUT2D eigenvalue weighted by molar-refractivity contribution is 0.176. The quantitative estimate of drug-likeness (QED) is 0.838. The van der Waals surface area contributed by atoms with Gasteiger partial charge in [0.15, 0.2) is 11.6 Å². The molecule has 2 aliphatic rings. The van der Waals surface area contributed by atoms with Gasteiger partial charge in [-0.3, -0.25) is 0 Å². The monoisotopic (exact) mass is 293 g/mol. The minimum Gasteiger partial charge on any atom is -0.473 e. The van der Waals surface area contributed by atoms with Crippen molar-refractivity contribution in [3.05, 3.63) is 47.3 Å². The highest BCUT2D eigenvalue weighted by Gasteiger charge is 2.23. The number of fused-ring (bicyclic) bond motifs is 1. The van der Waals surface area contributed by atoms with Crippen LogP contribution in [0.3, 0.4) is 0 Å². The van der Waals surface area contributed by atoms with Crippen molar-refractivity contribution in [2.45, 2.75) is 13.0 Å². The number of hydrogen-bond donors (Lipinski definition) is 0. The Morgan fingerprint density at radius 3 is 3.00 bits per heavy atom. The molecule has 0 aliphatic carbocycles. The zero-order valence-electron chi connectivity index (χ0n) is 11.9. The van der Waals surface area contributed by atoms with Crippen molar-refractivity contribution >= 4 is 5.90 Å². The molecule has 0 aromatic heterocycles. The lowest BCUT2D eigenvalue weighted by atomic mass is 10.2. The Morgan fingerprint density at radius 1 is 1.29 bits per heavy atom. The summed E-state index contributed by atoms with van der Waals surface area (Å²) >= 11 is 0. The molecule has 0 unspecified atom stereocenters. The largest absolute Gasteiger partial charge is 0.473 e. The summed E-state index contributed by atoms with van der Waals surface area (Å²) in [6.45, 7) is 2.48. The van der Waals surface area contributed by atoms with E-state index in [0.717, 1.165) is 31.4 Å². The van der Waals surface area contributed by atoms with E-state index in [1.165, 1.54) is 12.1 Å². The molecule has 0 spiro atoms. The van der Waals surface area contributed by atoms with Crippen molar-refractivity contribution in [2.75, 3.05) is 26.8 Å². The lowest BCUT2D eigenvalue weighted by Gasteiger charge is -2.39. The third-order valence-corrected chi connectivity index (χ3v) is 3.69. The average molecular weight is 293 g/mol. The predicted octanol–water partition coefficient (Wildman–Crippen LogP) is 2.33. The normalized spacial score (nSPS) is 18.0. The number of rotatable bonds is 2. The molecule has 1 aromatic carbocycles. The number of halogens is 2. The van der Waals surface area contributed by atoms with E-state index in [9.17, 15) is 8.78 Å². The first-order chi connectivity index (χ1) is 10.1. The Bertz CT molecular complexity index is 601. The first-order valence-corrected chi connectivity index (χ1v) is 6.93. The minimum absolute atomic E-state index is 0.0318. The fourth-order valence-electron chi connectivity index (χ4n) is 2.52. The summed E-state index contributed by atoms with van der Waals surface area (Å²) in [5.41, 5.74) is 0.190. The van der Waals surface area contributed by atoms with Crippen LogP contribution in [0.5, 0.6) is 0 Å². The number of benzene rings is 1. The molecule has 0 amide bonds. The van der Waals surface area contributed by atoms with Gasteiger partial charge in [-0.15, -0.1) is 0 Å². The van der Waals surface area contributed by atoms with E-state index in [-0.39, 0.29) is 12.2 Å². The molecule has 0 radical (unpaired) electrons. The van der Waals surface area contributed by atoms with Gasteiger partial charge in [0, 0.05) is 31.8 Å². The van der Waals surface area contributed by atoms with Gasteiger partial charge in [-0.2, -0.15) is 0 Å². The SMILES string of the molecule is CN1CCCN2CN=C(OCc3cccc(F)c3F)C=C12. The highest BCUT2D eigenvalue weighted by Crippen LogP contribution is 2.20. The second kappa shape index (κ2) is 5.71. The maximum atomic E-state index is 13.6. The van der Waals surface area contributed by atoms with Gasteiger partial charge >= 0.3 is 0 Å². The van der Waals surface area contributed by atoms with E-state index in [1.54, 1.807) is 0 Å². The summed E-state index contributed by atoms with van der Waals surface area (Å²) < 4.78 is 32.2. The number of hydrogen-bond acceptors (Lipinski definition) is 4. The van der Waals surface area contributed by atoms with Crippen LogP contribution in [0.25, 0.3) is 0 Å². The van der Waals surface area contributed by atoms with E-state index in [1.807, 2.05) is 13.1 Å². The Labute approximate surface area is 122 Å². The third kappa shape index (κ3) is 2.84. The fourth-order valence-corrected chi connectivity index (χ4v) is 2.52. The Kier molecular flexibility index (Phi) is 3.77. The molecule has 1 fully saturated rings. The van der Waals surface area contributed by atoms with Crippen LogP contribution in [0.1, 0.15) is 12.0 Å². The standard InChI is InChI=1S/C15H17F2N3O/c1-19-6-3-7-20-10-18-13(8-14(19)20)21-9-11-4-2-5-12(16)15(11)17/h2,4-5,8H,3,6-7,9-10H2,1H3. The van der Waals surface area contributed by atoms with E-state index in [4.69, 9.17) is 4.74 Å². The topological polar surface area (TPSA) is 28.1 Å². The molecule has 0 saturated carbocycles. The Morgan fingerprint density at radius 2 is 2.14 bits per heavy atom. The molecule has 21 heavy (non-hydrogen) atoms. The average Bonchev–Trinajstić information content (AvgIpc) is 2.49. The summed E-state index contributed by atoms with van der Waals surface area (Å²) in [7, 11) is 2.02. The molecule has 2 heterocycles. The van der Waals surface area contributed by atoms with Crippen LogP contribution in [0.2, 0.25) is 0 Å². The lowest BCUT2D eigenvalue weighted by Crippen LogP contribution is -2.42. The van der Waals surface area contributed by atoms with E-state index in [0.29, 0.717) is 12.6 Å². The van der Waals surface area contributed by atoms with Gasteiger partial charge in [0.1, 0.15) is 19.1 Å². The Hall–Kier alpha value is -2.11. The summed E-state index contributed by atoms with van der Waals surface area (Å²) in [5.74, 6) is -0.208. The zero-order chi connectivity index (χ0) is 14.8. The predicted molar refractivity (Wildman–Crippen MR) is 75.5 cm³/mol. The molecule has 0 N–H and O–H groups in total. The third-order valence-electron chi connectivity index (χ3n) is 3.69. The van der Waals surface area contributed by atoms with Gasteiger partial charge in [-0.1, -0.05) is 12.1 Å². The highest BCUT2D eigenvalue weighted by molar-refractivity contribution is 5.88. The second-order valence-corrected chi connectivity index (χ2v) is 5.18. The van der Waals surface area contributed by atoms with E-state index >= 15 is 0 Å². The molecule has 4 nitrogen and oxygen atoms in total. The van der Waals surface area contributed by atoms with Gasteiger partial charge < -0.3 is 14.5 Å². The molecule has 1 aromatic rings. The Balaban J connectivity index is 1.69. The number of aliphatic imine (C=N–C) groups is 1. The summed E-state index contributed by atoms with van der Waals surface area (Å²) in [6.07, 6.45) is 2.95.